The number of rotatable bonds is 6. The summed E-state index contributed by atoms with van der Waals surface area (Å²) in [7, 11) is 0. The van der Waals surface area contributed by atoms with Crippen molar-refractivity contribution >= 4 is 0 Å². The topological polar surface area (TPSA) is 15.3 Å². The van der Waals surface area contributed by atoms with E-state index in [2.05, 4.69) is 10.2 Å². The fourth-order valence-electron chi connectivity index (χ4n) is 3.12. The maximum atomic E-state index is 13.1. The molecule has 0 aromatic heterocycles. The lowest BCUT2D eigenvalue weighted by atomic mass is 10.1. The van der Waals surface area contributed by atoms with Crippen LogP contribution in [-0.2, 0) is 6.42 Å². The molecule has 0 radical (unpaired) electrons. The van der Waals surface area contributed by atoms with Crippen LogP contribution in [0.2, 0.25) is 0 Å². The van der Waals surface area contributed by atoms with Gasteiger partial charge < -0.3 is 10.2 Å². The zero-order chi connectivity index (χ0) is 13.9. The molecule has 1 unspecified atom stereocenters. The largest absolute Gasteiger partial charge is 0.314 e. The number of benzene rings is 1. The summed E-state index contributed by atoms with van der Waals surface area (Å²) in [5.74, 6) is 0.698. The van der Waals surface area contributed by atoms with Crippen molar-refractivity contribution in [1.29, 1.82) is 0 Å². The molecule has 1 aliphatic carbocycles. The van der Waals surface area contributed by atoms with Gasteiger partial charge in [0.1, 0.15) is 5.82 Å². The van der Waals surface area contributed by atoms with E-state index in [0.717, 1.165) is 30.5 Å². The van der Waals surface area contributed by atoms with Crippen molar-refractivity contribution in [3.8, 4) is 0 Å². The van der Waals surface area contributed by atoms with E-state index in [1.165, 1.54) is 44.5 Å². The van der Waals surface area contributed by atoms with E-state index in [4.69, 9.17) is 0 Å². The van der Waals surface area contributed by atoms with Gasteiger partial charge in [0, 0.05) is 19.1 Å². The molecule has 0 spiro atoms. The van der Waals surface area contributed by atoms with Crippen molar-refractivity contribution in [1.82, 2.24) is 10.2 Å². The summed E-state index contributed by atoms with van der Waals surface area (Å²) in [6, 6.07) is 5.98. The van der Waals surface area contributed by atoms with Gasteiger partial charge in [0.05, 0.1) is 0 Å². The first kappa shape index (κ1) is 14.0. The van der Waals surface area contributed by atoms with Crippen molar-refractivity contribution in [2.24, 2.45) is 5.92 Å². The zero-order valence-corrected chi connectivity index (χ0v) is 12.4. The molecule has 1 aliphatic heterocycles. The molecule has 1 saturated heterocycles. The molecule has 110 valence electrons. The molecule has 1 aromatic carbocycles. The minimum absolute atomic E-state index is 0.126. The Morgan fingerprint density at radius 3 is 2.90 bits per heavy atom. The third-order valence-corrected chi connectivity index (χ3v) is 4.64. The van der Waals surface area contributed by atoms with Crippen LogP contribution in [0.15, 0.2) is 18.2 Å². The average molecular weight is 276 g/mol. The Bertz CT molecular complexity index is 456. The standard InChI is InChI=1S/C17H25FN2/c1-13-10-16(18)3-2-15(13)7-9-20-8-6-14(12-20)11-19-17-4-5-17/h2-3,10,14,17,19H,4-9,11-12H2,1H3. The molecule has 0 amide bonds. The predicted octanol–water partition coefficient (Wildman–Crippen LogP) is 2.75. The van der Waals surface area contributed by atoms with Crippen LogP contribution in [0.5, 0.6) is 0 Å². The second-order valence-corrected chi connectivity index (χ2v) is 6.46. The van der Waals surface area contributed by atoms with Gasteiger partial charge in [-0.25, -0.2) is 4.39 Å². The van der Waals surface area contributed by atoms with Crippen LogP contribution in [0.3, 0.4) is 0 Å². The van der Waals surface area contributed by atoms with E-state index in [9.17, 15) is 4.39 Å². The summed E-state index contributed by atoms with van der Waals surface area (Å²) in [6.07, 6.45) is 5.11. The molecule has 1 heterocycles. The van der Waals surface area contributed by atoms with Gasteiger partial charge in [-0.15, -0.1) is 0 Å². The summed E-state index contributed by atoms with van der Waals surface area (Å²) >= 11 is 0. The number of hydrogen-bond donors (Lipinski definition) is 1. The van der Waals surface area contributed by atoms with E-state index >= 15 is 0 Å². The maximum Gasteiger partial charge on any atom is 0.123 e. The third-order valence-electron chi connectivity index (χ3n) is 4.64. The number of likely N-dealkylation sites (tertiary alicyclic amines) is 1. The highest BCUT2D eigenvalue weighted by molar-refractivity contribution is 5.26. The maximum absolute atomic E-state index is 13.1. The van der Waals surface area contributed by atoms with Gasteiger partial charge in [-0.1, -0.05) is 6.07 Å². The van der Waals surface area contributed by atoms with E-state index < -0.39 is 0 Å². The summed E-state index contributed by atoms with van der Waals surface area (Å²) in [5.41, 5.74) is 2.36. The molecule has 2 aliphatic rings. The Labute approximate surface area is 121 Å². The molecule has 20 heavy (non-hydrogen) atoms. The Balaban J connectivity index is 1.42. The highest BCUT2D eigenvalue weighted by atomic mass is 19.1. The minimum atomic E-state index is -0.126. The summed E-state index contributed by atoms with van der Waals surface area (Å²) in [5, 5.41) is 3.64. The molecule has 0 bridgehead atoms. The highest BCUT2D eigenvalue weighted by Crippen LogP contribution is 2.21. The van der Waals surface area contributed by atoms with Gasteiger partial charge in [-0.2, -0.15) is 0 Å². The van der Waals surface area contributed by atoms with Crippen molar-refractivity contribution in [2.45, 2.75) is 38.6 Å². The Hall–Kier alpha value is -0.930. The number of halogens is 1. The first-order valence-electron chi connectivity index (χ1n) is 7.91. The molecule has 1 N–H and O–H groups in total. The van der Waals surface area contributed by atoms with Gasteiger partial charge in [-0.3, -0.25) is 0 Å². The first-order chi connectivity index (χ1) is 9.70. The normalized spacial score (nSPS) is 23.4. The van der Waals surface area contributed by atoms with Crippen LogP contribution >= 0.6 is 0 Å². The van der Waals surface area contributed by atoms with Gasteiger partial charge >= 0.3 is 0 Å². The molecule has 1 atom stereocenters. The van der Waals surface area contributed by atoms with Gasteiger partial charge in [-0.05, 0) is 74.9 Å². The second-order valence-electron chi connectivity index (χ2n) is 6.46. The Kier molecular flexibility index (Phi) is 4.37. The Morgan fingerprint density at radius 2 is 2.15 bits per heavy atom. The van der Waals surface area contributed by atoms with Gasteiger partial charge in [0.15, 0.2) is 0 Å². The smallest absolute Gasteiger partial charge is 0.123 e. The van der Waals surface area contributed by atoms with Crippen molar-refractivity contribution in [3.63, 3.8) is 0 Å². The lowest BCUT2D eigenvalue weighted by Crippen LogP contribution is -2.28. The number of aryl methyl sites for hydroxylation is 1. The zero-order valence-electron chi connectivity index (χ0n) is 12.4. The number of hydrogen-bond acceptors (Lipinski definition) is 2. The van der Waals surface area contributed by atoms with Crippen LogP contribution < -0.4 is 5.32 Å². The molecule has 2 fully saturated rings. The van der Waals surface area contributed by atoms with Crippen LogP contribution in [0, 0.1) is 18.7 Å². The van der Waals surface area contributed by atoms with E-state index in [0.29, 0.717) is 0 Å². The van der Waals surface area contributed by atoms with Crippen LogP contribution in [0.1, 0.15) is 30.4 Å². The van der Waals surface area contributed by atoms with Crippen LogP contribution in [0.25, 0.3) is 0 Å². The molecule has 1 aromatic rings. The highest BCUT2D eigenvalue weighted by Gasteiger charge is 2.25. The lowest BCUT2D eigenvalue weighted by Gasteiger charge is -2.17. The first-order valence-corrected chi connectivity index (χ1v) is 7.91. The number of nitrogens with one attached hydrogen (secondary N) is 1. The minimum Gasteiger partial charge on any atom is -0.314 e. The molecule has 2 nitrogen and oxygen atoms in total. The van der Waals surface area contributed by atoms with E-state index in [1.54, 1.807) is 12.1 Å². The van der Waals surface area contributed by atoms with Crippen molar-refractivity contribution in [2.75, 3.05) is 26.2 Å². The lowest BCUT2D eigenvalue weighted by molar-refractivity contribution is 0.325. The molecular formula is C17H25FN2. The summed E-state index contributed by atoms with van der Waals surface area (Å²) < 4.78 is 13.1. The summed E-state index contributed by atoms with van der Waals surface area (Å²) in [6.45, 7) is 6.74. The van der Waals surface area contributed by atoms with E-state index in [-0.39, 0.29) is 5.82 Å². The Morgan fingerprint density at radius 1 is 1.30 bits per heavy atom. The van der Waals surface area contributed by atoms with Gasteiger partial charge in [0.2, 0.25) is 0 Å². The molecule has 3 heteroatoms. The molecular weight excluding hydrogens is 251 g/mol. The SMILES string of the molecule is Cc1cc(F)ccc1CCN1CCC(CNC2CC2)C1. The second kappa shape index (κ2) is 6.23. The molecule has 3 rings (SSSR count). The predicted molar refractivity (Wildman–Crippen MR) is 80.4 cm³/mol. The number of nitrogens with zero attached hydrogens (tertiary/aromatic N) is 1. The average Bonchev–Trinajstić information content (AvgIpc) is 3.14. The fourth-order valence-corrected chi connectivity index (χ4v) is 3.12. The van der Waals surface area contributed by atoms with Crippen LogP contribution in [-0.4, -0.2) is 37.1 Å². The monoisotopic (exact) mass is 276 g/mol. The molecule has 1 saturated carbocycles. The van der Waals surface area contributed by atoms with Crippen molar-refractivity contribution < 1.29 is 4.39 Å². The van der Waals surface area contributed by atoms with Gasteiger partial charge in [0.25, 0.3) is 0 Å². The summed E-state index contributed by atoms with van der Waals surface area (Å²) in [4.78, 5) is 2.56. The quantitative estimate of drug-likeness (QED) is 0.859. The van der Waals surface area contributed by atoms with Crippen LogP contribution in [0.4, 0.5) is 4.39 Å². The van der Waals surface area contributed by atoms with E-state index in [1.807, 2.05) is 13.0 Å². The third kappa shape index (κ3) is 3.80. The van der Waals surface area contributed by atoms with Crippen molar-refractivity contribution in [3.05, 3.63) is 35.1 Å². The fraction of sp³-hybridized carbons (Fsp3) is 0.647.